The Labute approximate surface area is 136 Å². The van der Waals surface area contributed by atoms with Crippen LogP contribution in [0.25, 0.3) is 0 Å². The highest BCUT2D eigenvalue weighted by Crippen LogP contribution is 2.29. The third kappa shape index (κ3) is 4.28. The van der Waals surface area contributed by atoms with E-state index in [1.807, 2.05) is 27.7 Å². The second-order valence-electron chi connectivity index (χ2n) is 5.92. The van der Waals surface area contributed by atoms with Gasteiger partial charge in [-0.3, -0.25) is 0 Å². The van der Waals surface area contributed by atoms with Gasteiger partial charge < -0.3 is 5.11 Å². The quantitative estimate of drug-likeness (QED) is 0.826. The first kappa shape index (κ1) is 18.6. The molecule has 0 saturated heterocycles. The molecule has 1 N–H and O–H groups in total. The molecule has 0 aromatic heterocycles. The highest BCUT2D eigenvalue weighted by Gasteiger charge is 2.29. The largest absolute Gasteiger partial charge is 0.392 e. The fourth-order valence-electron chi connectivity index (χ4n) is 2.14. The molecule has 6 heteroatoms. The fraction of sp³-hybridized carbons (Fsp3) is 0.600. The molecule has 0 aliphatic heterocycles. The average molecular weight is 378 g/mol. The molecule has 0 amide bonds. The van der Waals surface area contributed by atoms with E-state index in [9.17, 15) is 13.5 Å². The second-order valence-corrected chi connectivity index (χ2v) is 8.63. The lowest BCUT2D eigenvalue weighted by Crippen LogP contribution is -2.39. The minimum absolute atomic E-state index is 0.117. The van der Waals surface area contributed by atoms with Crippen molar-refractivity contribution in [1.29, 1.82) is 0 Å². The topological polar surface area (TPSA) is 57.6 Å². The van der Waals surface area contributed by atoms with Gasteiger partial charge in [-0.15, -0.1) is 0 Å². The van der Waals surface area contributed by atoms with E-state index in [1.54, 1.807) is 19.1 Å². The maximum Gasteiger partial charge on any atom is 0.243 e. The third-order valence-corrected chi connectivity index (χ3v) is 6.24. The Hall–Kier alpha value is -0.430. The minimum Gasteiger partial charge on any atom is -0.392 e. The maximum absolute atomic E-state index is 13.0. The van der Waals surface area contributed by atoms with Crippen molar-refractivity contribution in [3.63, 3.8) is 0 Å². The summed E-state index contributed by atoms with van der Waals surface area (Å²) in [5.41, 5.74) is 1.25. The highest BCUT2D eigenvalue weighted by molar-refractivity contribution is 9.10. The van der Waals surface area contributed by atoms with Crippen molar-refractivity contribution in [2.45, 2.75) is 52.2 Å². The summed E-state index contributed by atoms with van der Waals surface area (Å²) in [6.45, 7) is 9.80. The van der Waals surface area contributed by atoms with Crippen LogP contribution in [0.5, 0.6) is 0 Å². The van der Waals surface area contributed by atoms with Crippen LogP contribution in [0.1, 0.15) is 38.8 Å². The number of halogens is 1. The molecule has 1 aromatic carbocycles. The zero-order valence-electron chi connectivity index (χ0n) is 13.2. The van der Waals surface area contributed by atoms with Gasteiger partial charge in [0.2, 0.25) is 10.0 Å². The summed E-state index contributed by atoms with van der Waals surface area (Å²) in [7, 11) is -3.59. The first-order valence-electron chi connectivity index (χ1n) is 7.03. The molecule has 0 bridgehead atoms. The van der Waals surface area contributed by atoms with E-state index in [4.69, 9.17) is 0 Å². The molecule has 0 aliphatic carbocycles. The molecule has 0 fully saturated rings. The van der Waals surface area contributed by atoms with E-state index in [2.05, 4.69) is 15.9 Å². The van der Waals surface area contributed by atoms with Crippen molar-refractivity contribution in [3.8, 4) is 0 Å². The van der Waals surface area contributed by atoms with Gasteiger partial charge in [0.25, 0.3) is 0 Å². The zero-order chi connectivity index (χ0) is 16.4. The molecule has 1 aromatic rings. The van der Waals surface area contributed by atoms with Gasteiger partial charge in [-0.05, 0) is 49.9 Å². The van der Waals surface area contributed by atoms with Crippen LogP contribution in [0.2, 0.25) is 0 Å². The van der Waals surface area contributed by atoms with Crippen LogP contribution in [0.4, 0.5) is 0 Å². The smallest absolute Gasteiger partial charge is 0.243 e. The summed E-state index contributed by atoms with van der Waals surface area (Å²) < 4.78 is 28.2. The van der Waals surface area contributed by atoms with Crippen molar-refractivity contribution in [3.05, 3.63) is 27.7 Å². The van der Waals surface area contributed by atoms with Crippen molar-refractivity contribution in [1.82, 2.24) is 4.31 Å². The molecule has 120 valence electrons. The van der Waals surface area contributed by atoms with Crippen molar-refractivity contribution in [2.75, 3.05) is 6.54 Å². The molecular weight excluding hydrogens is 354 g/mol. The number of benzene rings is 1. The van der Waals surface area contributed by atoms with Crippen LogP contribution >= 0.6 is 15.9 Å². The average Bonchev–Trinajstić information content (AvgIpc) is 2.38. The molecule has 0 spiro atoms. The summed E-state index contributed by atoms with van der Waals surface area (Å²) in [4.78, 5) is 0.260. The Kier molecular flexibility index (Phi) is 6.40. The molecule has 21 heavy (non-hydrogen) atoms. The van der Waals surface area contributed by atoms with Crippen LogP contribution in [0, 0.1) is 12.8 Å². The summed E-state index contributed by atoms with van der Waals surface area (Å²) in [5, 5.41) is 9.31. The van der Waals surface area contributed by atoms with Crippen molar-refractivity contribution >= 4 is 26.0 Å². The SMILES string of the molecule is Cc1c(Br)cc(CO)cc1S(=O)(=O)N(CC(C)C)C(C)C. The van der Waals surface area contributed by atoms with Crippen LogP contribution in [0.15, 0.2) is 21.5 Å². The molecule has 1 rings (SSSR count). The normalized spacial score (nSPS) is 12.7. The Morgan fingerprint density at radius 2 is 1.81 bits per heavy atom. The van der Waals surface area contributed by atoms with Crippen molar-refractivity contribution in [2.24, 2.45) is 5.92 Å². The number of hydrogen-bond acceptors (Lipinski definition) is 3. The summed E-state index contributed by atoms with van der Waals surface area (Å²) in [6.07, 6.45) is 0. The van der Waals surface area contributed by atoms with Gasteiger partial charge in [0.15, 0.2) is 0 Å². The number of sulfonamides is 1. The minimum atomic E-state index is -3.59. The van der Waals surface area contributed by atoms with E-state index >= 15 is 0 Å². The lowest BCUT2D eigenvalue weighted by molar-refractivity contribution is 0.281. The van der Waals surface area contributed by atoms with Gasteiger partial charge in [-0.25, -0.2) is 8.42 Å². The third-order valence-electron chi connectivity index (χ3n) is 3.25. The van der Waals surface area contributed by atoms with E-state index in [-0.39, 0.29) is 23.5 Å². The van der Waals surface area contributed by atoms with Gasteiger partial charge >= 0.3 is 0 Å². The molecule has 0 unspecified atom stereocenters. The number of aliphatic hydroxyl groups excluding tert-OH is 1. The van der Waals surface area contributed by atoms with Crippen LogP contribution in [-0.4, -0.2) is 30.4 Å². The predicted octanol–water partition coefficient (Wildman–Crippen LogP) is 3.30. The number of rotatable bonds is 6. The summed E-state index contributed by atoms with van der Waals surface area (Å²) >= 11 is 3.37. The fourth-order valence-corrected chi connectivity index (χ4v) is 4.88. The number of hydrogen-bond donors (Lipinski definition) is 1. The van der Waals surface area contributed by atoms with Gasteiger partial charge in [0, 0.05) is 17.1 Å². The predicted molar refractivity (Wildman–Crippen MR) is 88.7 cm³/mol. The second kappa shape index (κ2) is 7.22. The molecule has 0 atom stereocenters. The molecule has 4 nitrogen and oxygen atoms in total. The van der Waals surface area contributed by atoms with E-state index in [1.165, 1.54) is 4.31 Å². The first-order chi connectivity index (χ1) is 9.61. The molecule has 0 radical (unpaired) electrons. The van der Waals surface area contributed by atoms with E-state index in [0.717, 1.165) is 0 Å². The molecule has 0 heterocycles. The maximum atomic E-state index is 13.0. The monoisotopic (exact) mass is 377 g/mol. The first-order valence-corrected chi connectivity index (χ1v) is 9.26. The summed E-state index contributed by atoms with van der Waals surface area (Å²) in [6, 6.07) is 3.19. The Balaban J connectivity index is 3.44. The number of aliphatic hydroxyl groups is 1. The van der Waals surface area contributed by atoms with E-state index < -0.39 is 10.0 Å². The highest BCUT2D eigenvalue weighted by atomic mass is 79.9. The zero-order valence-corrected chi connectivity index (χ0v) is 15.6. The van der Waals surface area contributed by atoms with E-state index in [0.29, 0.717) is 22.1 Å². The number of nitrogens with zero attached hydrogens (tertiary/aromatic N) is 1. The van der Waals surface area contributed by atoms with Gasteiger partial charge in [-0.2, -0.15) is 4.31 Å². The Morgan fingerprint density at radius 3 is 2.24 bits per heavy atom. The Bertz CT molecular complexity index is 597. The standard InChI is InChI=1S/C15H24BrNO3S/c1-10(2)8-17(11(3)4)21(19,20)15-7-13(9-18)6-14(16)12(15)5/h6-7,10-11,18H,8-9H2,1-5H3. The van der Waals surface area contributed by atoms with Crippen LogP contribution in [0.3, 0.4) is 0 Å². The lowest BCUT2D eigenvalue weighted by Gasteiger charge is -2.28. The van der Waals surface area contributed by atoms with Gasteiger partial charge in [0.1, 0.15) is 0 Å². The van der Waals surface area contributed by atoms with Gasteiger partial charge in [0.05, 0.1) is 11.5 Å². The molecule has 0 aliphatic rings. The van der Waals surface area contributed by atoms with Crippen LogP contribution in [-0.2, 0) is 16.6 Å². The van der Waals surface area contributed by atoms with Gasteiger partial charge in [-0.1, -0.05) is 29.8 Å². The molecule has 0 saturated carbocycles. The van der Waals surface area contributed by atoms with Crippen LogP contribution < -0.4 is 0 Å². The lowest BCUT2D eigenvalue weighted by atomic mass is 10.2. The summed E-state index contributed by atoms with van der Waals surface area (Å²) in [5.74, 6) is 0.243. The Morgan fingerprint density at radius 1 is 1.24 bits per heavy atom. The van der Waals surface area contributed by atoms with Crippen molar-refractivity contribution < 1.29 is 13.5 Å². The molecular formula is C15H24BrNO3S.